The Hall–Kier alpha value is -2.18. The first-order valence-corrected chi connectivity index (χ1v) is 8.25. The highest BCUT2D eigenvalue weighted by Crippen LogP contribution is 2.43. The van der Waals surface area contributed by atoms with Gasteiger partial charge in [-0.1, -0.05) is 6.07 Å². The lowest BCUT2D eigenvalue weighted by atomic mass is 9.96. The molecule has 1 fully saturated rings. The van der Waals surface area contributed by atoms with Gasteiger partial charge >= 0.3 is 0 Å². The predicted octanol–water partition coefficient (Wildman–Crippen LogP) is 2.66. The van der Waals surface area contributed by atoms with Crippen LogP contribution in [0.25, 0.3) is 11.3 Å². The maximum atomic E-state index is 5.97. The van der Waals surface area contributed by atoms with E-state index in [4.69, 9.17) is 19.9 Å². The standard InChI is InChI=1S/C18H21N3O3/c1-22-10-24-16-8-12(11-2-3-11)4-5-14(16)17-13-6-7-23-9-15(13)18(19)21-20-17/h4-5,8,11H,2-3,6-7,9-10H2,1H3,(H2,19,21). The van der Waals surface area contributed by atoms with E-state index in [-0.39, 0.29) is 6.79 Å². The number of hydrogen-bond donors (Lipinski definition) is 1. The van der Waals surface area contributed by atoms with E-state index in [0.717, 1.165) is 34.6 Å². The van der Waals surface area contributed by atoms with Crippen LogP contribution in [0.15, 0.2) is 18.2 Å². The largest absolute Gasteiger partial charge is 0.467 e. The molecule has 6 heteroatoms. The van der Waals surface area contributed by atoms with Crippen LogP contribution >= 0.6 is 0 Å². The molecule has 1 aliphatic carbocycles. The molecule has 2 heterocycles. The number of nitrogens with zero attached hydrogens (tertiary/aromatic N) is 2. The van der Waals surface area contributed by atoms with Gasteiger partial charge in [0.1, 0.15) is 11.4 Å². The molecule has 1 aliphatic heterocycles. The first kappa shape index (κ1) is 15.4. The minimum Gasteiger partial charge on any atom is -0.467 e. The Kier molecular flexibility index (Phi) is 4.08. The predicted molar refractivity (Wildman–Crippen MR) is 89.7 cm³/mol. The van der Waals surface area contributed by atoms with Crippen molar-refractivity contribution < 1.29 is 14.2 Å². The van der Waals surface area contributed by atoms with Crippen molar-refractivity contribution in [2.75, 3.05) is 26.2 Å². The Morgan fingerprint density at radius 2 is 2.12 bits per heavy atom. The molecular weight excluding hydrogens is 306 g/mol. The van der Waals surface area contributed by atoms with Crippen molar-refractivity contribution in [3.05, 3.63) is 34.9 Å². The monoisotopic (exact) mass is 327 g/mol. The normalized spacial score (nSPS) is 16.7. The molecule has 0 unspecified atom stereocenters. The van der Waals surface area contributed by atoms with Crippen LogP contribution in [0, 0.1) is 0 Å². The zero-order chi connectivity index (χ0) is 16.5. The smallest absolute Gasteiger partial charge is 0.188 e. The molecule has 2 aromatic rings. The lowest BCUT2D eigenvalue weighted by Gasteiger charge is -2.21. The molecule has 2 N–H and O–H groups in total. The first-order valence-electron chi connectivity index (χ1n) is 8.25. The average Bonchev–Trinajstić information content (AvgIpc) is 3.46. The zero-order valence-electron chi connectivity index (χ0n) is 13.7. The van der Waals surface area contributed by atoms with E-state index in [1.807, 2.05) is 0 Å². The number of nitrogen functional groups attached to an aromatic ring is 1. The highest BCUT2D eigenvalue weighted by molar-refractivity contribution is 5.73. The van der Waals surface area contributed by atoms with Crippen LogP contribution in [0.2, 0.25) is 0 Å². The van der Waals surface area contributed by atoms with Gasteiger partial charge in [0.2, 0.25) is 0 Å². The van der Waals surface area contributed by atoms with E-state index in [0.29, 0.717) is 24.9 Å². The van der Waals surface area contributed by atoms with Crippen LogP contribution in [-0.4, -0.2) is 30.7 Å². The summed E-state index contributed by atoms with van der Waals surface area (Å²) in [6, 6.07) is 6.35. The number of rotatable bonds is 5. The molecule has 0 radical (unpaired) electrons. The van der Waals surface area contributed by atoms with Crippen molar-refractivity contribution in [2.24, 2.45) is 0 Å². The Labute approximate surface area is 140 Å². The van der Waals surface area contributed by atoms with E-state index in [2.05, 4.69) is 28.4 Å². The lowest BCUT2D eigenvalue weighted by Crippen LogP contribution is -2.16. The van der Waals surface area contributed by atoms with Crippen LogP contribution in [-0.2, 0) is 22.5 Å². The van der Waals surface area contributed by atoms with Crippen LogP contribution < -0.4 is 10.5 Å². The van der Waals surface area contributed by atoms with Gasteiger partial charge in [0.25, 0.3) is 0 Å². The van der Waals surface area contributed by atoms with Crippen LogP contribution in [0.5, 0.6) is 5.75 Å². The summed E-state index contributed by atoms with van der Waals surface area (Å²) in [5.41, 5.74) is 11.1. The SMILES string of the molecule is COCOc1cc(C2CC2)ccc1-c1nnc(N)c2c1CCOC2. The highest BCUT2D eigenvalue weighted by atomic mass is 16.7. The molecule has 0 saturated heterocycles. The van der Waals surface area contributed by atoms with Crippen molar-refractivity contribution in [2.45, 2.75) is 31.8 Å². The summed E-state index contributed by atoms with van der Waals surface area (Å²) in [6.07, 6.45) is 3.27. The lowest BCUT2D eigenvalue weighted by molar-refractivity contribution is 0.0514. The fourth-order valence-electron chi connectivity index (χ4n) is 3.16. The topological polar surface area (TPSA) is 79.5 Å². The van der Waals surface area contributed by atoms with Gasteiger partial charge in [-0.15, -0.1) is 10.2 Å². The van der Waals surface area contributed by atoms with E-state index >= 15 is 0 Å². The van der Waals surface area contributed by atoms with Crippen LogP contribution in [0.1, 0.15) is 35.4 Å². The van der Waals surface area contributed by atoms with Crippen molar-refractivity contribution in [3.8, 4) is 17.0 Å². The number of methoxy groups -OCH3 is 1. The molecule has 0 atom stereocenters. The number of ether oxygens (including phenoxy) is 3. The summed E-state index contributed by atoms with van der Waals surface area (Å²) in [5, 5.41) is 8.49. The van der Waals surface area contributed by atoms with Gasteiger partial charge in [0.05, 0.1) is 13.2 Å². The van der Waals surface area contributed by atoms with Crippen molar-refractivity contribution in [1.82, 2.24) is 10.2 Å². The molecule has 1 aromatic heterocycles. The molecule has 126 valence electrons. The summed E-state index contributed by atoms with van der Waals surface area (Å²) in [6.45, 7) is 1.35. The second-order valence-corrected chi connectivity index (χ2v) is 6.27. The quantitative estimate of drug-likeness (QED) is 0.851. The van der Waals surface area contributed by atoms with Gasteiger partial charge in [0.15, 0.2) is 12.6 Å². The van der Waals surface area contributed by atoms with E-state index in [1.165, 1.54) is 18.4 Å². The maximum Gasteiger partial charge on any atom is 0.188 e. The molecule has 2 aliphatic rings. The Balaban J connectivity index is 1.80. The fourth-order valence-corrected chi connectivity index (χ4v) is 3.16. The third-order valence-electron chi connectivity index (χ3n) is 4.60. The summed E-state index contributed by atoms with van der Waals surface area (Å²) in [4.78, 5) is 0. The molecule has 1 aromatic carbocycles. The molecule has 0 bridgehead atoms. The summed E-state index contributed by atoms with van der Waals surface area (Å²) in [7, 11) is 1.62. The van der Waals surface area contributed by atoms with Gasteiger partial charge in [-0.25, -0.2) is 0 Å². The number of anilines is 1. The van der Waals surface area contributed by atoms with Gasteiger partial charge in [-0.2, -0.15) is 0 Å². The van der Waals surface area contributed by atoms with E-state index < -0.39 is 0 Å². The highest BCUT2D eigenvalue weighted by Gasteiger charge is 2.26. The van der Waals surface area contributed by atoms with Gasteiger partial charge < -0.3 is 19.9 Å². The molecule has 24 heavy (non-hydrogen) atoms. The molecule has 6 nitrogen and oxygen atoms in total. The van der Waals surface area contributed by atoms with E-state index in [1.54, 1.807) is 7.11 Å². The maximum absolute atomic E-state index is 5.97. The number of nitrogens with two attached hydrogens (primary N) is 1. The third kappa shape index (κ3) is 2.83. The van der Waals surface area contributed by atoms with E-state index in [9.17, 15) is 0 Å². The first-order chi connectivity index (χ1) is 11.8. The summed E-state index contributed by atoms with van der Waals surface area (Å²) >= 11 is 0. The van der Waals surface area contributed by atoms with Crippen molar-refractivity contribution in [1.29, 1.82) is 0 Å². The zero-order valence-corrected chi connectivity index (χ0v) is 13.7. The summed E-state index contributed by atoms with van der Waals surface area (Å²) < 4.78 is 16.4. The second kappa shape index (κ2) is 6.37. The van der Waals surface area contributed by atoms with Gasteiger partial charge in [-0.05, 0) is 48.4 Å². The Morgan fingerprint density at radius 3 is 2.92 bits per heavy atom. The minimum absolute atomic E-state index is 0.203. The molecule has 0 amide bonds. The summed E-state index contributed by atoms with van der Waals surface area (Å²) in [5.74, 6) is 1.89. The Bertz CT molecular complexity index is 759. The molecule has 0 spiro atoms. The van der Waals surface area contributed by atoms with Crippen LogP contribution in [0.4, 0.5) is 5.82 Å². The fraction of sp³-hybridized carbons (Fsp3) is 0.444. The number of benzene rings is 1. The number of hydrogen-bond acceptors (Lipinski definition) is 6. The van der Waals surface area contributed by atoms with Gasteiger partial charge in [-0.3, -0.25) is 0 Å². The van der Waals surface area contributed by atoms with Crippen molar-refractivity contribution in [3.63, 3.8) is 0 Å². The Morgan fingerprint density at radius 1 is 1.25 bits per heavy atom. The van der Waals surface area contributed by atoms with Gasteiger partial charge in [0, 0.05) is 18.2 Å². The molecular formula is C18H21N3O3. The number of fused-ring (bicyclic) bond motifs is 1. The second-order valence-electron chi connectivity index (χ2n) is 6.27. The molecule has 1 saturated carbocycles. The van der Waals surface area contributed by atoms with Crippen LogP contribution in [0.3, 0.4) is 0 Å². The average molecular weight is 327 g/mol. The number of aromatic nitrogens is 2. The minimum atomic E-state index is 0.203. The van der Waals surface area contributed by atoms with Crippen molar-refractivity contribution >= 4 is 5.82 Å². The third-order valence-corrected chi connectivity index (χ3v) is 4.60. The molecule has 4 rings (SSSR count).